The average molecular weight is 440 g/mol. The summed E-state index contributed by atoms with van der Waals surface area (Å²) in [6, 6.07) is 14.2. The van der Waals surface area contributed by atoms with Gasteiger partial charge >= 0.3 is 0 Å². The molecule has 1 heterocycles. The molecule has 0 aliphatic carbocycles. The molecule has 0 unspecified atom stereocenters. The molecule has 0 fully saturated rings. The zero-order valence-corrected chi connectivity index (χ0v) is 18.7. The fourth-order valence-corrected chi connectivity index (χ4v) is 3.71. The highest BCUT2D eigenvalue weighted by Gasteiger charge is 2.19. The first-order chi connectivity index (χ1) is 14.9. The van der Waals surface area contributed by atoms with E-state index >= 15 is 0 Å². The third-order valence-electron chi connectivity index (χ3n) is 4.57. The number of nitrogens with one attached hydrogen (secondary N) is 2. The zero-order chi connectivity index (χ0) is 22.4. The van der Waals surface area contributed by atoms with Crippen LogP contribution in [0.3, 0.4) is 0 Å². The van der Waals surface area contributed by atoms with Crippen molar-refractivity contribution in [3.05, 3.63) is 65.5 Å². The Kier molecular flexibility index (Phi) is 7.30. The van der Waals surface area contributed by atoms with Gasteiger partial charge in [0.2, 0.25) is 5.91 Å². The van der Waals surface area contributed by atoms with E-state index in [1.54, 1.807) is 29.9 Å². The molecule has 9 heteroatoms. The van der Waals surface area contributed by atoms with Gasteiger partial charge in [-0.15, -0.1) is 10.2 Å². The number of rotatable bonds is 8. The Balaban J connectivity index is 1.57. The van der Waals surface area contributed by atoms with Crippen molar-refractivity contribution in [3.8, 4) is 5.75 Å². The van der Waals surface area contributed by atoms with E-state index < -0.39 is 0 Å². The number of hydrogen-bond acceptors (Lipinski definition) is 6. The molecule has 2 N–H and O–H groups in total. The summed E-state index contributed by atoms with van der Waals surface area (Å²) in [4.78, 5) is 24.8. The zero-order valence-electron chi connectivity index (χ0n) is 17.9. The van der Waals surface area contributed by atoms with Crippen LogP contribution in [0.25, 0.3) is 0 Å². The molecule has 0 aliphatic heterocycles. The van der Waals surface area contributed by atoms with Crippen LogP contribution in [-0.4, -0.2) is 39.4 Å². The standard InChI is InChI=1S/C22H25N5O3S/c1-14-7-5-8-16(11-14)21(29)23-15(2)20-25-26-22(27(20)3)31-13-19(28)24-17-9-6-10-18(12-17)30-4/h5-12,15H,13H2,1-4H3,(H,23,29)(H,24,28)/t15-/m1/s1. The maximum Gasteiger partial charge on any atom is 0.251 e. The molecule has 0 aliphatic rings. The maximum atomic E-state index is 12.5. The second kappa shape index (κ2) is 10.1. The van der Waals surface area contributed by atoms with E-state index in [-0.39, 0.29) is 23.6 Å². The Labute approximate surface area is 185 Å². The van der Waals surface area contributed by atoms with Crippen LogP contribution in [0, 0.1) is 6.92 Å². The van der Waals surface area contributed by atoms with Crippen molar-refractivity contribution in [2.45, 2.75) is 25.0 Å². The Morgan fingerprint density at radius 1 is 1.16 bits per heavy atom. The molecule has 2 aromatic carbocycles. The Morgan fingerprint density at radius 2 is 1.94 bits per heavy atom. The third-order valence-corrected chi connectivity index (χ3v) is 5.59. The van der Waals surface area contributed by atoms with E-state index in [1.165, 1.54) is 11.8 Å². The maximum absolute atomic E-state index is 12.5. The molecular weight excluding hydrogens is 414 g/mol. The number of hydrogen-bond donors (Lipinski definition) is 2. The number of carbonyl (C=O) groups is 2. The number of aromatic nitrogens is 3. The first-order valence-corrected chi connectivity index (χ1v) is 10.7. The minimum atomic E-state index is -0.342. The van der Waals surface area contributed by atoms with Gasteiger partial charge < -0.3 is 19.9 Å². The van der Waals surface area contributed by atoms with Crippen molar-refractivity contribution in [1.82, 2.24) is 20.1 Å². The molecule has 0 spiro atoms. The molecule has 162 valence electrons. The van der Waals surface area contributed by atoms with Crippen LogP contribution < -0.4 is 15.4 Å². The number of anilines is 1. The van der Waals surface area contributed by atoms with E-state index in [2.05, 4.69) is 20.8 Å². The lowest BCUT2D eigenvalue weighted by molar-refractivity contribution is -0.113. The number of amides is 2. The van der Waals surface area contributed by atoms with Gasteiger partial charge in [-0.05, 0) is 38.1 Å². The number of nitrogens with zero attached hydrogens (tertiary/aromatic N) is 3. The highest BCUT2D eigenvalue weighted by Crippen LogP contribution is 2.21. The lowest BCUT2D eigenvalue weighted by Gasteiger charge is -2.14. The normalized spacial score (nSPS) is 11.6. The van der Waals surface area contributed by atoms with Gasteiger partial charge in [-0.25, -0.2) is 0 Å². The van der Waals surface area contributed by atoms with Crippen LogP contribution >= 0.6 is 11.8 Å². The summed E-state index contributed by atoms with van der Waals surface area (Å²) in [6.07, 6.45) is 0. The Hall–Kier alpha value is -3.33. The Morgan fingerprint density at radius 3 is 2.68 bits per heavy atom. The number of benzene rings is 2. The van der Waals surface area contributed by atoms with Crippen molar-refractivity contribution in [2.75, 3.05) is 18.2 Å². The molecule has 3 aromatic rings. The molecule has 0 saturated heterocycles. The molecule has 0 radical (unpaired) electrons. The fourth-order valence-electron chi connectivity index (χ4n) is 2.99. The van der Waals surface area contributed by atoms with Crippen LogP contribution in [0.5, 0.6) is 5.75 Å². The van der Waals surface area contributed by atoms with Crippen molar-refractivity contribution in [1.29, 1.82) is 0 Å². The van der Waals surface area contributed by atoms with Crippen LogP contribution in [0.4, 0.5) is 5.69 Å². The second-order valence-electron chi connectivity index (χ2n) is 7.03. The monoisotopic (exact) mass is 439 g/mol. The number of thioether (sulfide) groups is 1. The van der Waals surface area contributed by atoms with Crippen LogP contribution in [-0.2, 0) is 11.8 Å². The number of carbonyl (C=O) groups excluding carboxylic acids is 2. The van der Waals surface area contributed by atoms with E-state index in [1.807, 2.05) is 51.2 Å². The van der Waals surface area contributed by atoms with Gasteiger partial charge in [0.05, 0.1) is 18.9 Å². The summed E-state index contributed by atoms with van der Waals surface area (Å²) in [6.45, 7) is 3.79. The van der Waals surface area contributed by atoms with Gasteiger partial charge in [0, 0.05) is 24.4 Å². The summed E-state index contributed by atoms with van der Waals surface area (Å²) in [7, 11) is 3.39. The summed E-state index contributed by atoms with van der Waals surface area (Å²) in [5.74, 6) is 1.12. The first kappa shape index (κ1) is 22.4. The van der Waals surface area contributed by atoms with Crippen LogP contribution in [0.1, 0.15) is 34.7 Å². The molecule has 8 nitrogen and oxygen atoms in total. The molecule has 1 atom stereocenters. The summed E-state index contributed by atoms with van der Waals surface area (Å²) < 4.78 is 6.94. The van der Waals surface area contributed by atoms with Gasteiger partial charge in [-0.3, -0.25) is 9.59 Å². The molecule has 0 saturated carbocycles. The third kappa shape index (κ3) is 5.85. The van der Waals surface area contributed by atoms with Gasteiger partial charge in [-0.1, -0.05) is 35.5 Å². The molecular formula is C22H25N5O3S. The predicted molar refractivity (Wildman–Crippen MR) is 120 cm³/mol. The van der Waals surface area contributed by atoms with E-state index in [4.69, 9.17) is 4.74 Å². The SMILES string of the molecule is COc1cccc(NC(=O)CSc2nnc([C@@H](C)NC(=O)c3cccc(C)c3)n2C)c1. The number of ether oxygens (including phenoxy) is 1. The average Bonchev–Trinajstić information content (AvgIpc) is 3.12. The largest absolute Gasteiger partial charge is 0.497 e. The smallest absolute Gasteiger partial charge is 0.251 e. The number of methoxy groups -OCH3 is 1. The second-order valence-corrected chi connectivity index (χ2v) is 7.98. The lowest BCUT2D eigenvalue weighted by atomic mass is 10.1. The van der Waals surface area contributed by atoms with Crippen molar-refractivity contribution >= 4 is 29.3 Å². The van der Waals surface area contributed by atoms with Crippen LogP contribution in [0.2, 0.25) is 0 Å². The first-order valence-electron chi connectivity index (χ1n) is 9.71. The summed E-state index contributed by atoms with van der Waals surface area (Å²) >= 11 is 1.27. The van der Waals surface area contributed by atoms with E-state index in [0.29, 0.717) is 28.0 Å². The molecule has 3 rings (SSSR count). The minimum Gasteiger partial charge on any atom is -0.497 e. The van der Waals surface area contributed by atoms with Gasteiger partial charge in [-0.2, -0.15) is 0 Å². The van der Waals surface area contributed by atoms with Crippen LogP contribution in [0.15, 0.2) is 53.7 Å². The van der Waals surface area contributed by atoms with Gasteiger partial charge in [0.1, 0.15) is 5.75 Å². The molecule has 31 heavy (non-hydrogen) atoms. The molecule has 2 amide bonds. The quantitative estimate of drug-likeness (QED) is 0.523. The van der Waals surface area contributed by atoms with E-state index in [9.17, 15) is 9.59 Å². The van der Waals surface area contributed by atoms with Crippen molar-refractivity contribution < 1.29 is 14.3 Å². The fraction of sp³-hybridized carbons (Fsp3) is 0.273. The summed E-state index contributed by atoms with van der Waals surface area (Å²) in [5.41, 5.74) is 2.28. The van der Waals surface area contributed by atoms with Crippen molar-refractivity contribution in [3.63, 3.8) is 0 Å². The lowest BCUT2D eigenvalue weighted by Crippen LogP contribution is -2.28. The molecule has 0 bridgehead atoms. The summed E-state index contributed by atoms with van der Waals surface area (Å²) in [5, 5.41) is 14.7. The topological polar surface area (TPSA) is 98.1 Å². The highest BCUT2D eigenvalue weighted by molar-refractivity contribution is 7.99. The van der Waals surface area contributed by atoms with Crippen molar-refractivity contribution in [2.24, 2.45) is 7.05 Å². The Bertz CT molecular complexity index is 1080. The minimum absolute atomic E-state index is 0.163. The molecule has 1 aromatic heterocycles. The van der Waals surface area contributed by atoms with E-state index in [0.717, 1.165) is 5.56 Å². The van der Waals surface area contributed by atoms with Gasteiger partial charge in [0.25, 0.3) is 5.91 Å². The predicted octanol–water partition coefficient (Wildman–Crippen LogP) is 3.35. The number of aryl methyl sites for hydroxylation is 1. The highest BCUT2D eigenvalue weighted by atomic mass is 32.2. The van der Waals surface area contributed by atoms with Gasteiger partial charge in [0.15, 0.2) is 11.0 Å².